The molecule has 0 atom stereocenters. The minimum absolute atomic E-state index is 0.0638. The van der Waals surface area contributed by atoms with E-state index in [0.29, 0.717) is 34.1 Å². The van der Waals surface area contributed by atoms with Gasteiger partial charge >= 0.3 is 5.97 Å². The molecule has 1 heterocycles. The predicted molar refractivity (Wildman–Crippen MR) is 80.3 cm³/mol. The third kappa shape index (κ3) is 2.40. The molecule has 0 unspecified atom stereocenters. The van der Waals surface area contributed by atoms with Crippen LogP contribution < -0.4 is 5.43 Å². The third-order valence-corrected chi connectivity index (χ3v) is 3.33. The number of fused-ring (bicyclic) bond motifs is 2. The maximum atomic E-state index is 12.6. The number of rotatable bonds is 3. The van der Waals surface area contributed by atoms with E-state index in [1.807, 2.05) is 6.07 Å². The Morgan fingerprint density at radius 2 is 1.86 bits per heavy atom. The molecule has 2 aromatic carbocycles. The highest BCUT2D eigenvalue weighted by Gasteiger charge is 2.13. The summed E-state index contributed by atoms with van der Waals surface area (Å²) >= 11 is 0. The molecule has 0 aliphatic heterocycles. The van der Waals surface area contributed by atoms with Crippen molar-refractivity contribution in [3.05, 3.63) is 58.3 Å². The Morgan fingerprint density at radius 3 is 2.67 bits per heavy atom. The van der Waals surface area contributed by atoms with Crippen LogP contribution in [0, 0.1) is 0 Å². The fraction of sp³-hybridized carbons (Fsp3) is 0.176. The smallest absolute Gasteiger partial charge is 0.310 e. The molecule has 4 nitrogen and oxygen atoms in total. The molecule has 0 amide bonds. The summed E-state index contributed by atoms with van der Waals surface area (Å²) in [6.45, 7) is 2.07. The zero-order chi connectivity index (χ0) is 14.8. The number of ether oxygens (including phenoxy) is 1. The van der Waals surface area contributed by atoms with Gasteiger partial charge in [-0.1, -0.05) is 24.3 Å². The summed E-state index contributed by atoms with van der Waals surface area (Å²) in [7, 11) is 0. The van der Waals surface area contributed by atoms with E-state index in [1.165, 1.54) is 0 Å². The summed E-state index contributed by atoms with van der Waals surface area (Å²) < 4.78 is 10.7. The van der Waals surface area contributed by atoms with E-state index in [2.05, 4.69) is 0 Å². The van der Waals surface area contributed by atoms with E-state index < -0.39 is 0 Å². The average Bonchev–Trinajstić information content (AvgIpc) is 2.48. The normalized spacial score (nSPS) is 10.9. The number of carbonyl (C=O) groups is 1. The van der Waals surface area contributed by atoms with Gasteiger partial charge in [0.15, 0.2) is 0 Å². The molecular formula is C17H14O4. The van der Waals surface area contributed by atoms with Crippen LogP contribution in [0.25, 0.3) is 21.9 Å². The molecule has 3 aromatic rings. The van der Waals surface area contributed by atoms with Crippen molar-refractivity contribution in [3.63, 3.8) is 0 Å². The highest BCUT2D eigenvalue weighted by molar-refractivity contribution is 5.93. The molecular weight excluding hydrogens is 268 g/mol. The molecule has 106 valence electrons. The van der Waals surface area contributed by atoms with Crippen molar-refractivity contribution >= 4 is 27.9 Å². The molecule has 0 saturated heterocycles. The Labute approximate surface area is 120 Å². The van der Waals surface area contributed by atoms with Crippen molar-refractivity contribution < 1.29 is 13.9 Å². The van der Waals surface area contributed by atoms with Gasteiger partial charge in [0.1, 0.15) is 11.2 Å². The second-order valence-electron chi connectivity index (χ2n) is 4.70. The Balaban J connectivity index is 2.24. The highest BCUT2D eigenvalue weighted by Crippen LogP contribution is 2.21. The number of esters is 1. The second kappa shape index (κ2) is 5.40. The molecule has 21 heavy (non-hydrogen) atoms. The average molecular weight is 282 g/mol. The molecule has 0 aliphatic rings. The van der Waals surface area contributed by atoms with Gasteiger partial charge in [-0.3, -0.25) is 9.59 Å². The zero-order valence-electron chi connectivity index (χ0n) is 11.6. The van der Waals surface area contributed by atoms with E-state index in [4.69, 9.17) is 9.15 Å². The molecule has 3 rings (SSSR count). The molecule has 0 aliphatic carbocycles. The Hall–Kier alpha value is -2.62. The first-order valence-electron chi connectivity index (χ1n) is 6.79. The van der Waals surface area contributed by atoms with Crippen LogP contribution in [0.5, 0.6) is 0 Å². The molecule has 4 heteroatoms. The molecule has 1 aromatic heterocycles. The van der Waals surface area contributed by atoms with Crippen LogP contribution in [0.15, 0.2) is 51.7 Å². The minimum atomic E-state index is -0.349. The van der Waals surface area contributed by atoms with Gasteiger partial charge < -0.3 is 9.15 Å². The van der Waals surface area contributed by atoms with E-state index in [9.17, 15) is 9.59 Å². The van der Waals surface area contributed by atoms with Crippen molar-refractivity contribution in [2.75, 3.05) is 6.61 Å². The quantitative estimate of drug-likeness (QED) is 0.547. The van der Waals surface area contributed by atoms with E-state index >= 15 is 0 Å². The fourth-order valence-corrected chi connectivity index (χ4v) is 2.43. The molecule has 0 bridgehead atoms. The van der Waals surface area contributed by atoms with Gasteiger partial charge in [-0.2, -0.15) is 0 Å². The lowest BCUT2D eigenvalue weighted by Gasteiger charge is -2.06. The lowest BCUT2D eigenvalue weighted by Crippen LogP contribution is -2.11. The molecule has 0 radical (unpaired) electrons. The van der Waals surface area contributed by atoms with Crippen molar-refractivity contribution in [1.29, 1.82) is 0 Å². The first-order chi connectivity index (χ1) is 10.2. The summed E-state index contributed by atoms with van der Waals surface area (Å²) in [4.78, 5) is 24.3. The molecule has 0 N–H and O–H groups in total. The summed E-state index contributed by atoms with van der Waals surface area (Å²) in [6.07, 6.45) is 0.0638. The summed E-state index contributed by atoms with van der Waals surface area (Å²) in [6, 6.07) is 12.4. The van der Waals surface area contributed by atoms with Gasteiger partial charge in [0.2, 0.25) is 5.43 Å². The highest BCUT2D eigenvalue weighted by atomic mass is 16.5. The van der Waals surface area contributed by atoms with Gasteiger partial charge in [0.25, 0.3) is 0 Å². The van der Waals surface area contributed by atoms with Crippen LogP contribution in [0.1, 0.15) is 12.5 Å². The Kier molecular flexibility index (Phi) is 3.44. The SMILES string of the molecule is CCOC(=O)Cc1cccc2oc3ccccc3c(=O)c12. The Bertz CT molecular complexity index is 877. The van der Waals surface area contributed by atoms with Crippen LogP contribution in [-0.2, 0) is 16.0 Å². The third-order valence-electron chi connectivity index (χ3n) is 3.33. The molecule has 0 spiro atoms. The van der Waals surface area contributed by atoms with Crippen LogP contribution in [0.2, 0.25) is 0 Å². The molecule has 0 saturated carbocycles. The summed E-state index contributed by atoms with van der Waals surface area (Å²) in [5, 5.41) is 0.963. The van der Waals surface area contributed by atoms with Gasteiger partial charge in [0.05, 0.1) is 23.8 Å². The topological polar surface area (TPSA) is 56.5 Å². The van der Waals surface area contributed by atoms with E-state index in [0.717, 1.165) is 0 Å². The van der Waals surface area contributed by atoms with Crippen molar-refractivity contribution in [3.8, 4) is 0 Å². The zero-order valence-corrected chi connectivity index (χ0v) is 11.6. The maximum absolute atomic E-state index is 12.6. The largest absolute Gasteiger partial charge is 0.466 e. The predicted octanol–water partition coefficient (Wildman–Crippen LogP) is 3.05. The molecule has 0 fully saturated rings. The number of carbonyl (C=O) groups excluding carboxylic acids is 1. The number of para-hydroxylation sites is 1. The lowest BCUT2D eigenvalue weighted by molar-refractivity contribution is -0.142. The number of benzene rings is 2. The monoisotopic (exact) mass is 282 g/mol. The maximum Gasteiger partial charge on any atom is 0.310 e. The van der Waals surface area contributed by atoms with Crippen LogP contribution in [-0.4, -0.2) is 12.6 Å². The number of hydrogen-bond donors (Lipinski definition) is 0. The van der Waals surface area contributed by atoms with Crippen LogP contribution in [0.4, 0.5) is 0 Å². The first kappa shape index (κ1) is 13.4. The van der Waals surface area contributed by atoms with Gasteiger partial charge in [-0.05, 0) is 30.7 Å². The van der Waals surface area contributed by atoms with Crippen molar-refractivity contribution in [1.82, 2.24) is 0 Å². The van der Waals surface area contributed by atoms with Gasteiger partial charge in [0, 0.05) is 0 Å². The van der Waals surface area contributed by atoms with E-state index in [-0.39, 0.29) is 17.8 Å². The van der Waals surface area contributed by atoms with Crippen LogP contribution >= 0.6 is 0 Å². The first-order valence-corrected chi connectivity index (χ1v) is 6.79. The van der Waals surface area contributed by atoms with Gasteiger partial charge in [-0.15, -0.1) is 0 Å². The minimum Gasteiger partial charge on any atom is -0.466 e. The van der Waals surface area contributed by atoms with Crippen LogP contribution in [0.3, 0.4) is 0 Å². The van der Waals surface area contributed by atoms with Crippen molar-refractivity contribution in [2.24, 2.45) is 0 Å². The standard InChI is InChI=1S/C17H14O4/c1-2-20-15(18)10-11-6-5-9-14-16(11)17(19)12-7-3-4-8-13(12)21-14/h3-9H,2,10H2,1H3. The summed E-state index contributed by atoms with van der Waals surface area (Å²) in [5.41, 5.74) is 1.54. The Morgan fingerprint density at radius 1 is 1.10 bits per heavy atom. The van der Waals surface area contributed by atoms with Crippen molar-refractivity contribution in [2.45, 2.75) is 13.3 Å². The summed E-state index contributed by atoms with van der Waals surface area (Å²) in [5.74, 6) is -0.349. The number of hydrogen-bond acceptors (Lipinski definition) is 4. The fourth-order valence-electron chi connectivity index (χ4n) is 2.43. The second-order valence-corrected chi connectivity index (χ2v) is 4.70. The van der Waals surface area contributed by atoms with Gasteiger partial charge in [-0.25, -0.2) is 0 Å². The van der Waals surface area contributed by atoms with E-state index in [1.54, 1.807) is 43.3 Å². The lowest BCUT2D eigenvalue weighted by atomic mass is 10.0.